The van der Waals surface area contributed by atoms with E-state index in [1.54, 1.807) is 0 Å². The first kappa shape index (κ1) is 51.4. The Morgan fingerprint density at radius 1 is 0.642 bits per heavy atom. The van der Waals surface area contributed by atoms with Gasteiger partial charge < -0.3 is 84.6 Å². The number of aliphatic hydroxyl groups excluding tert-OH is 10. The van der Waals surface area contributed by atoms with Crippen LogP contribution in [0.25, 0.3) is 0 Å². The van der Waals surface area contributed by atoms with Crippen molar-refractivity contribution in [1.29, 1.82) is 0 Å². The van der Waals surface area contributed by atoms with E-state index in [-0.39, 0.29) is 39.4 Å². The molecule has 5 aliphatic carbocycles. The molecule has 19 nitrogen and oxygen atoms in total. The molecule has 67 heavy (non-hydrogen) atoms. The molecule has 0 amide bonds. The highest BCUT2D eigenvalue weighted by atomic mass is 16.8. The second kappa shape index (κ2) is 18.0. The summed E-state index contributed by atoms with van der Waals surface area (Å²) in [7, 11) is 0. The van der Waals surface area contributed by atoms with Gasteiger partial charge in [0.2, 0.25) is 6.29 Å². The monoisotopic (exact) mass is 956 g/mol. The SMILES string of the molecule is CC1(C)CC[C@@]2(C(=O)O[C@H]3O[C@@H](CO)[C@H](O)[C@@H](O)[C@@H]3O)CC[C@@]3(C)C(=CC[C@H]4[C@]5(C)CC[C@@H](O[C@H]6O[C@@H](C(=O)O)[C@H](O)[C@@H](O)[C@@H]6O[C@H]6O[C@@H](CO)[C@H](O)[C@@H](O)[C@@H]6O)C(C)(C)[C@H]5CC[C@@]43C)[C@H]2C1. The number of carboxylic acids is 1. The molecule has 3 heterocycles. The Morgan fingerprint density at radius 2 is 1.24 bits per heavy atom. The van der Waals surface area contributed by atoms with Crippen LogP contribution in [0, 0.1) is 50.2 Å². The number of hydrogen-bond acceptors (Lipinski definition) is 18. The summed E-state index contributed by atoms with van der Waals surface area (Å²) < 4.78 is 35.7. The number of ether oxygens (including phenoxy) is 6. The number of hydrogen-bond donors (Lipinski definition) is 11. The van der Waals surface area contributed by atoms with Crippen LogP contribution in [-0.2, 0) is 38.0 Å². The van der Waals surface area contributed by atoms with Gasteiger partial charge in [-0.3, -0.25) is 4.79 Å². The van der Waals surface area contributed by atoms with Gasteiger partial charge in [0.15, 0.2) is 18.7 Å². The van der Waals surface area contributed by atoms with Crippen molar-refractivity contribution >= 4 is 11.9 Å². The van der Waals surface area contributed by atoms with Crippen LogP contribution in [0.3, 0.4) is 0 Å². The van der Waals surface area contributed by atoms with Gasteiger partial charge in [0.05, 0.1) is 24.7 Å². The molecule has 3 saturated heterocycles. The average Bonchev–Trinajstić information content (AvgIpc) is 3.26. The molecule has 8 rings (SSSR count). The fraction of sp³-hybridized carbons (Fsp3) is 0.917. The van der Waals surface area contributed by atoms with Gasteiger partial charge in [-0.1, -0.05) is 60.1 Å². The normalized spacial score (nSPS) is 52.6. The minimum atomic E-state index is -1.98. The van der Waals surface area contributed by atoms with Gasteiger partial charge in [0.25, 0.3) is 0 Å². The van der Waals surface area contributed by atoms with Crippen molar-refractivity contribution in [3.63, 3.8) is 0 Å². The maximum Gasteiger partial charge on any atom is 0.335 e. The summed E-state index contributed by atoms with van der Waals surface area (Å²) in [6.07, 6.45) is -16.4. The lowest BCUT2D eigenvalue weighted by Gasteiger charge is -2.71. The number of allylic oxidation sites excluding steroid dienone is 2. The first-order chi connectivity index (χ1) is 31.2. The van der Waals surface area contributed by atoms with Crippen molar-refractivity contribution in [3.8, 4) is 0 Å². The van der Waals surface area contributed by atoms with Crippen LogP contribution in [-0.4, -0.2) is 180 Å². The van der Waals surface area contributed by atoms with Gasteiger partial charge in [0.1, 0.15) is 67.1 Å². The van der Waals surface area contributed by atoms with Crippen LogP contribution in [0.1, 0.15) is 113 Å². The number of esters is 1. The van der Waals surface area contributed by atoms with Crippen molar-refractivity contribution < 1.29 is 94.2 Å². The Morgan fingerprint density at radius 3 is 1.85 bits per heavy atom. The smallest absolute Gasteiger partial charge is 0.335 e. The topological polar surface area (TPSA) is 312 Å². The highest BCUT2D eigenvalue weighted by Crippen LogP contribution is 2.76. The first-order valence-corrected chi connectivity index (χ1v) is 24.3. The molecule has 382 valence electrons. The molecule has 0 radical (unpaired) electrons. The van der Waals surface area contributed by atoms with E-state index in [4.69, 9.17) is 28.4 Å². The summed E-state index contributed by atoms with van der Waals surface area (Å²) in [6.45, 7) is 14.4. The molecule has 0 spiro atoms. The Hall–Kier alpha value is -1.92. The fourth-order valence-electron chi connectivity index (χ4n) is 15.0. The summed E-state index contributed by atoms with van der Waals surface area (Å²) in [5.41, 5.74) is -1.05. The lowest BCUT2D eigenvalue weighted by molar-refractivity contribution is -0.374. The van der Waals surface area contributed by atoms with E-state index in [0.717, 1.165) is 38.5 Å². The number of carbonyl (C=O) groups is 2. The molecule has 0 bridgehead atoms. The predicted molar refractivity (Wildman–Crippen MR) is 231 cm³/mol. The molecule has 8 aliphatic rings. The summed E-state index contributed by atoms with van der Waals surface area (Å²) in [5.74, 6) is -1.94. The van der Waals surface area contributed by atoms with Crippen LogP contribution in [0.2, 0.25) is 0 Å². The standard InChI is InChI=1S/C48H76O19/c1-43(2)14-16-48(42(61)67-40-35(58)31(54)29(52)24(20-50)63-40)17-15-46(6)21(22(48)18-43)8-9-26-45(5)12-11-27(44(3,4)25(45)10-13-47(26,46)7)64-41-37(33(56)32(55)36(65-41)38(59)60)66-39-34(57)30(53)28(51)23(19-49)62-39/h8,22-37,39-41,49-58H,9-20H2,1-7H3,(H,59,60)/t22-,23+,24+,25-,26+,27-,28+,29+,30-,31-,32-,33-,34+,35+,36-,37+,39-,40-,41+,45-,46+,47+,48-/m1/s1. The molecule has 0 aromatic rings. The van der Waals surface area contributed by atoms with E-state index in [1.807, 2.05) is 0 Å². The Bertz CT molecular complexity index is 1870. The first-order valence-electron chi connectivity index (χ1n) is 24.3. The van der Waals surface area contributed by atoms with Gasteiger partial charge in [-0.05, 0) is 109 Å². The van der Waals surface area contributed by atoms with Gasteiger partial charge in [-0.25, -0.2) is 4.79 Å². The third-order valence-electron chi connectivity index (χ3n) is 19.3. The maximum atomic E-state index is 14.7. The molecule has 3 aliphatic heterocycles. The van der Waals surface area contributed by atoms with Crippen LogP contribution in [0.5, 0.6) is 0 Å². The lowest BCUT2D eigenvalue weighted by atomic mass is 9.33. The van der Waals surface area contributed by atoms with Crippen molar-refractivity contribution in [3.05, 3.63) is 11.6 Å². The van der Waals surface area contributed by atoms with Gasteiger partial charge >= 0.3 is 11.9 Å². The van der Waals surface area contributed by atoms with E-state index >= 15 is 0 Å². The van der Waals surface area contributed by atoms with Crippen LogP contribution < -0.4 is 0 Å². The van der Waals surface area contributed by atoms with E-state index in [0.29, 0.717) is 25.7 Å². The zero-order chi connectivity index (χ0) is 49.1. The van der Waals surface area contributed by atoms with Gasteiger partial charge in [0, 0.05) is 0 Å². The van der Waals surface area contributed by atoms with Gasteiger partial charge in [-0.2, -0.15) is 0 Å². The summed E-state index contributed by atoms with van der Waals surface area (Å²) in [4.78, 5) is 27.0. The Labute approximate surface area is 391 Å². The second-order valence-electron chi connectivity index (χ2n) is 23.5. The molecule has 23 atom stereocenters. The summed E-state index contributed by atoms with van der Waals surface area (Å²) >= 11 is 0. The molecule has 11 N–H and O–H groups in total. The zero-order valence-electron chi connectivity index (χ0n) is 39.7. The molecule has 7 fully saturated rings. The highest BCUT2D eigenvalue weighted by Gasteiger charge is 2.70. The van der Waals surface area contributed by atoms with E-state index in [2.05, 4.69) is 54.5 Å². The fourth-order valence-corrected chi connectivity index (χ4v) is 15.0. The largest absolute Gasteiger partial charge is 0.479 e. The van der Waals surface area contributed by atoms with E-state index in [1.165, 1.54) is 5.57 Å². The van der Waals surface area contributed by atoms with Crippen LogP contribution in [0.4, 0.5) is 0 Å². The van der Waals surface area contributed by atoms with Crippen molar-refractivity contribution in [2.75, 3.05) is 13.2 Å². The number of rotatable bonds is 9. The molecule has 0 aromatic heterocycles. The van der Waals surface area contributed by atoms with Crippen molar-refractivity contribution in [2.45, 2.75) is 211 Å². The Kier molecular flexibility index (Phi) is 13.8. The minimum Gasteiger partial charge on any atom is -0.479 e. The summed E-state index contributed by atoms with van der Waals surface area (Å²) in [5, 5.41) is 115. The lowest BCUT2D eigenvalue weighted by Crippen LogP contribution is -2.67. The Balaban J connectivity index is 1.05. The number of fused-ring (bicyclic) bond motifs is 7. The predicted octanol–water partition coefficient (Wildman–Crippen LogP) is 0.233. The van der Waals surface area contributed by atoms with E-state index in [9.17, 15) is 65.8 Å². The molecular formula is C48H76O19. The molecule has 19 heteroatoms. The molecule has 0 aromatic carbocycles. The minimum absolute atomic E-state index is 0.0828. The maximum absolute atomic E-state index is 14.7. The second-order valence-corrected chi connectivity index (χ2v) is 23.5. The number of aliphatic hydroxyl groups is 10. The molecule has 0 unspecified atom stereocenters. The quantitative estimate of drug-likeness (QED) is 0.0838. The molecular weight excluding hydrogens is 881 g/mol. The van der Waals surface area contributed by atoms with Crippen molar-refractivity contribution in [2.24, 2.45) is 50.2 Å². The summed E-state index contributed by atoms with van der Waals surface area (Å²) in [6, 6.07) is 0. The molecule has 4 saturated carbocycles. The van der Waals surface area contributed by atoms with Gasteiger partial charge in [-0.15, -0.1) is 0 Å². The third-order valence-corrected chi connectivity index (χ3v) is 19.3. The van der Waals surface area contributed by atoms with Crippen LogP contribution >= 0.6 is 0 Å². The zero-order valence-corrected chi connectivity index (χ0v) is 39.7. The average molecular weight is 957 g/mol. The van der Waals surface area contributed by atoms with Crippen LogP contribution in [0.15, 0.2) is 11.6 Å². The van der Waals surface area contributed by atoms with Crippen molar-refractivity contribution in [1.82, 2.24) is 0 Å². The highest BCUT2D eigenvalue weighted by molar-refractivity contribution is 5.79. The number of aliphatic carboxylic acids is 1. The van der Waals surface area contributed by atoms with E-state index < -0.39 is 134 Å². The number of carbonyl (C=O) groups excluding carboxylic acids is 1. The third kappa shape index (κ3) is 8.06. The number of carboxylic acid groups (broad SMARTS) is 1.